The monoisotopic (exact) mass is 474 g/mol. The third-order valence-corrected chi connectivity index (χ3v) is 5.74. The van der Waals surface area contributed by atoms with Gasteiger partial charge in [-0.25, -0.2) is 28.0 Å². The summed E-state index contributed by atoms with van der Waals surface area (Å²) < 4.78 is 24.4. The number of primary sulfonamides is 1. The van der Waals surface area contributed by atoms with Crippen LogP contribution in [0.1, 0.15) is 0 Å². The van der Waals surface area contributed by atoms with Crippen molar-refractivity contribution in [2.45, 2.75) is 15.9 Å². The second kappa shape index (κ2) is 8.78. The van der Waals surface area contributed by atoms with Gasteiger partial charge in [0, 0.05) is 6.54 Å². The van der Waals surface area contributed by atoms with Crippen molar-refractivity contribution in [1.29, 1.82) is 0 Å². The molecular formula is C10H11ClN6O10S2. The van der Waals surface area contributed by atoms with Gasteiger partial charge in [-0.15, -0.1) is 20.2 Å². The number of nitrogens with two attached hydrogens (primary N) is 1. The van der Waals surface area contributed by atoms with Crippen molar-refractivity contribution in [2.75, 3.05) is 24.8 Å². The van der Waals surface area contributed by atoms with Gasteiger partial charge in [-0.2, -0.15) is 0 Å². The summed E-state index contributed by atoms with van der Waals surface area (Å²) in [5.74, 6) is 0. The standard InChI is InChI=1S/C10H11ClN6O10S2/c11-7-1-8-9(2-10(7)29(12,24)25)28-13(5-14(8)15(18)19)3-6(27-17(22)23)4-26-16(20)21/h1-2,6H,3-5H2,(H2,12,24,25). The second-order valence-corrected chi connectivity index (χ2v) is 8.38. The highest BCUT2D eigenvalue weighted by molar-refractivity contribution is 7.97. The molecule has 2 rings (SSSR count). The topological polar surface area (TPSA) is 215 Å². The van der Waals surface area contributed by atoms with Crippen LogP contribution in [-0.4, -0.2) is 53.9 Å². The Morgan fingerprint density at radius 3 is 2.41 bits per heavy atom. The summed E-state index contributed by atoms with van der Waals surface area (Å²) >= 11 is 6.65. The van der Waals surface area contributed by atoms with Crippen LogP contribution in [0.2, 0.25) is 5.02 Å². The zero-order valence-electron chi connectivity index (χ0n) is 13.9. The zero-order valence-corrected chi connectivity index (χ0v) is 16.3. The minimum atomic E-state index is -4.24. The van der Waals surface area contributed by atoms with Crippen LogP contribution in [0.4, 0.5) is 5.69 Å². The first-order valence-electron chi connectivity index (χ1n) is 7.18. The lowest BCUT2D eigenvalue weighted by Crippen LogP contribution is -2.45. The Kier molecular flexibility index (Phi) is 6.85. The molecule has 1 aromatic rings. The van der Waals surface area contributed by atoms with E-state index < -0.39 is 56.0 Å². The van der Waals surface area contributed by atoms with Gasteiger partial charge in [-0.3, -0.25) is 0 Å². The third-order valence-electron chi connectivity index (χ3n) is 3.32. The fourth-order valence-corrected chi connectivity index (χ4v) is 4.54. The van der Waals surface area contributed by atoms with Gasteiger partial charge in [-0.05, 0) is 24.1 Å². The van der Waals surface area contributed by atoms with Crippen LogP contribution in [-0.2, 0) is 19.7 Å². The minimum absolute atomic E-state index is 0.0399. The summed E-state index contributed by atoms with van der Waals surface area (Å²) in [4.78, 5) is 40.2. The first-order valence-corrected chi connectivity index (χ1v) is 9.87. The van der Waals surface area contributed by atoms with Gasteiger partial charge in [0.1, 0.15) is 30.0 Å². The largest absolute Gasteiger partial charge is 0.312 e. The van der Waals surface area contributed by atoms with Gasteiger partial charge in [-0.1, -0.05) is 16.6 Å². The maximum atomic E-state index is 11.6. The Balaban J connectivity index is 2.34. The Morgan fingerprint density at radius 1 is 1.24 bits per heavy atom. The van der Waals surface area contributed by atoms with Crippen molar-refractivity contribution >= 4 is 39.3 Å². The lowest BCUT2D eigenvalue weighted by Gasteiger charge is -2.32. The third kappa shape index (κ3) is 5.90. The Hall–Kier alpha value is -2.67. The Labute approximate surface area is 170 Å². The maximum absolute atomic E-state index is 11.6. The van der Waals surface area contributed by atoms with Crippen molar-refractivity contribution in [3.8, 4) is 0 Å². The average molecular weight is 475 g/mol. The molecule has 0 bridgehead atoms. The van der Waals surface area contributed by atoms with Gasteiger partial charge in [0.15, 0.2) is 5.03 Å². The van der Waals surface area contributed by atoms with E-state index in [2.05, 4.69) is 9.68 Å². The predicted octanol–water partition coefficient (Wildman–Crippen LogP) is 0.0509. The molecule has 1 heterocycles. The van der Waals surface area contributed by atoms with Crippen LogP contribution in [0.5, 0.6) is 0 Å². The van der Waals surface area contributed by atoms with Crippen LogP contribution >= 0.6 is 23.5 Å². The fourth-order valence-electron chi connectivity index (χ4n) is 2.25. The van der Waals surface area contributed by atoms with Crippen molar-refractivity contribution in [2.24, 2.45) is 5.14 Å². The molecule has 1 aromatic carbocycles. The number of anilines is 1. The second-order valence-electron chi connectivity index (χ2n) is 5.30. The average Bonchev–Trinajstić information content (AvgIpc) is 2.57. The molecule has 0 aliphatic carbocycles. The summed E-state index contributed by atoms with van der Waals surface area (Å²) in [6.45, 7) is -1.68. The van der Waals surface area contributed by atoms with Gasteiger partial charge < -0.3 is 9.68 Å². The van der Waals surface area contributed by atoms with E-state index in [1.807, 2.05) is 0 Å². The molecule has 1 aliphatic heterocycles. The minimum Gasteiger partial charge on any atom is -0.312 e. The number of hydrogen-bond donors (Lipinski definition) is 1. The highest BCUT2D eigenvalue weighted by Crippen LogP contribution is 2.41. The summed E-state index contributed by atoms with van der Waals surface area (Å²) in [6, 6.07) is 2.06. The summed E-state index contributed by atoms with van der Waals surface area (Å²) in [5, 5.41) is 34.4. The number of nitrogens with zero attached hydrogens (tertiary/aromatic N) is 5. The van der Waals surface area contributed by atoms with E-state index >= 15 is 0 Å². The molecule has 1 atom stereocenters. The molecule has 29 heavy (non-hydrogen) atoms. The smallest absolute Gasteiger partial charge is 0.294 e. The molecule has 0 saturated carbocycles. The van der Waals surface area contributed by atoms with E-state index in [-0.39, 0.29) is 15.6 Å². The molecule has 2 N–H and O–H groups in total. The van der Waals surface area contributed by atoms with Crippen LogP contribution in [0, 0.1) is 30.3 Å². The summed E-state index contributed by atoms with van der Waals surface area (Å²) in [6.07, 6.45) is -1.47. The molecule has 0 saturated heterocycles. The van der Waals surface area contributed by atoms with Crippen LogP contribution < -0.4 is 10.1 Å². The van der Waals surface area contributed by atoms with Gasteiger partial charge >= 0.3 is 0 Å². The van der Waals surface area contributed by atoms with Gasteiger partial charge in [0.05, 0.1) is 9.92 Å². The molecule has 16 nitrogen and oxygen atoms in total. The molecule has 19 heteroatoms. The molecule has 1 unspecified atom stereocenters. The predicted molar refractivity (Wildman–Crippen MR) is 94.5 cm³/mol. The maximum Gasteiger partial charge on any atom is 0.294 e. The summed E-state index contributed by atoms with van der Waals surface area (Å²) in [5.41, 5.74) is -0.0399. The number of sulfonamides is 1. The lowest BCUT2D eigenvalue weighted by atomic mass is 10.3. The van der Waals surface area contributed by atoms with Crippen LogP contribution in [0.25, 0.3) is 0 Å². The van der Waals surface area contributed by atoms with Crippen LogP contribution in [0.3, 0.4) is 0 Å². The number of hydrazine groups is 1. The van der Waals surface area contributed by atoms with Crippen LogP contribution in [0.15, 0.2) is 21.9 Å². The van der Waals surface area contributed by atoms with Gasteiger partial charge in [0.25, 0.3) is 10.2 Å². The lowest BCUT2D eigenvalue weighted by molar-refractivity contribution is -0.789. The Morgan fingerprint density at radius 2 is 1.90 bits per heavy atom. The molecule has 0 amide bonds. The number of halogens is 1. The molecule has 160 valence electrons. The number of nitro groups is 1. The zero-order chi connectivity index (χ0) is 21.9. The van der Waals surface area contributed by atoms with Crippen molar-refractivity contribution < 1.29 is 33.3 Å². The van der Waals surface area contributed by atoms with Gasteiger partial charge in [0.2, 0.25) is 10.0 Å². The Bertz CT molecular complexity index is 945. The first-order chi connectivity index (χ1) is 13.4. The van der Waals surface area contributed by atoms with Crippen molar-refractivity contribution in [3.05, 3.63) is 47.5 Å². The van der Waals surface area contributed by atoms with E-state index in [4.69, 9.17) is 16.7 Å². The molecule has 0 radical (unpaired) electrons. The van der Waals surface area contributed by atoms with E-state index in [9.17, 15) is 38.8 Å². The number of fused-ring (bicyclic) bond motifs is 1. The van der Waals surface area contributed by atoms with Crippen molar-refractivity contribution in [3.63, 3.8) is 0 Å². The van der Waals surface area contributed by atoms with E-state index in [0.29, 0.717) is 5.01 Å². The number of hydrogen-bond acceptors (Lipinski definition) is 12. The molecule has 0 fully saturated rings. The van der Waals surface area contributed by atoms with E-state index in [1.54, 1.807) is 0 Å². The summed E-state index contributed by atoms with van der Waals surface area (Å²) in [7, 11) is -4.24. The highest BCUT2D eigenvalue weighted by Gasteiger charge is 2.34. The fraction of sp³-hybridized carbons (Fsp3) is 0.400. The molecule has 0 aromatic heterocycles. The van der Waals surface area contributed by atoms with Crippen molar-refractivity contribution in [1.82, 2.24) is 4.31 Å². The quantitative estimate of drug-likeness (QED) is 0.284. The van der Waals surface area contributed by atoms with E-state index in [0.717, 1.165) is 24.1 Å². The number of benzene rings is 1. The van der Waals surface area contributed by atoms with E-state index in [1.165, 1.54) is 4.31 Å². The molecule has 1 aliphatic rings. The molecule has 0 spiro atoms. The normalized spacial score (nSPS) is 15.3. The first kappa shape index (κ1) is 22.6. The molecular weight excluding hydrogens is 464 g/mol. The highest BCUT2D eigenvalue weighted by atomic mass is 35.5. The SMILES string of the molecule is NS(=O)(=O)c1cc2c(cc1Cl)N([N+](=O)[O-])CN(CC(CO[N+](=O)[O-])O[N+](=O)[O-])S2. The number of rotatable bonds is 9.